The van der Waals surface area contributed by atoms with Crippen LogP contribution in [-0.4, -0.2) is 24.0 Å². The molecule has 118 valence electrons. The van der Waals surface area contributed by atoms with Crippen molar-refractivity contribution in [3.63, 3.8) is 0 Å². The van der Waals surface area contributed by atoms with Gasteiger partial charge >= 0.3 is 0 Å². The van der Waals surface area contributed by atoms with Crippen LogP contribution in [-0.2, 0) is 0 Å². The second-order valence-electron chi connectivity index (χ2n) is 6.32. The van der Waals surface area contributed by atoms with Crippen LogP contribution in [0.1, 0.15) is 50.6 Å². The number of fused-ring (bicyclic) bond motifs is 1. The van der Waals surface area contributed by atoms with E-state index in [1.807, 2.05) is 25.1 Å². The van der Waals surface area contributed by atoms with Crippen molar-refractivity contribution in [1.82, 2.24) is 5.32 Å². The quantitative estimate of drug-likeness (QED) is 0.821. The number of hydrogen-bond donors (Lipinski definition) is 1. The zero-order valence-corrected chi connectivity index (χ0v) is 13.4. The number of furan rings is 1. The molecule has 1 heterocycles. The highest BCUT2D eigenvalue weighted by Gasteiger charge is 2.31. The summed E-state index contributed by atoms with van der Waals surface area (Å²) in [5.41, 5.74) is 0.733. The molecule has 1 aromatic heterocycles. The number of benzene rings is 1. The normalized spacial score (nSPS) is 21.1. The van der Waals surface area contributed by atoms with E-state index in [9.17, 15) is 4.79 Å². The van der Waals surface area contributed by atoms with Crippen LogP contribution in [0.2, 0.25) is 0 Å². The predicted octanol–water partition coefficient (Wildman–Crippen LogP) is 3.93. The maximum atomic E-state index is 11.7. The molecule has 0 saturated heterocycles. The van der Waals surface area contributed by atoms with Gasteiger partial charge in [0, 0.05) is 23.9 Å². The lowest BCUT2D eigenvalue weighted by molar-refractivity contribution is 0.0816. The van der Waals surface area contributed by atoms with Crippen LogP contribution >= 0.6 is 0 Å². The van der Waals surface area contributed by atoms with Crippen LogP contribution in [0.25, 0.3) is 11.0 Å². The summed E-state index contributed by atoms with van der Waals surface area (Å²) < 4.78 is 11.6. The fourth-order valence-corrected chi connectivity index (χ4v) is 2.87. The Labute approximate surface area is 130 Å². The Balaban J connectivity index is 1.64. The number of ether oxygens (including phenoxy) is 1. The van der Waals surface area contributed by atoms with Gasteiger partial charge in [-0.15, -0.1) is 0 Å². The molecule has 0 atom stereocenters. The Bertz CT molecular complexity index is 668. The maximum absolute atomic E-state index is 11.7. The lowest BCUT2D eigenvalue weighted by Crippen LogP contribution is -2.49. The molecule has 1 aliphatic carbocycles. The highest BCUT2D eigenvalue weighted by atomic mass is 16.5. The van der Waals surface area contributed by atoms with Gasteiger partial charge in [-0.25, -0.2) is 0 Å². The molecule has 1 N–H and O–H groups in total. The minimum absolute atomic E-state index is 0.0280. The fourth-order valence-electron chi connectivity index (χ4n) is 2.87. The molecular weight excluding hydrogens is 278 g/mol. The molecule has 1 fully saturated rings. The van der Waals surface area contributed by atoms with E-state index >= 15 is 0 Å². The highest BCUT2D eigenvalue weighted by molar-refractivity contribution is 5.97. The highest BCUT2D eigenvalue weighted by Crippen LogP contribution is 2.29. The van der Waals surface area contributed by atoms with Crippen molar-refractivity contribution in [2.24, 2.45) is 0 Å². The molecule has 4 heteroatoms. The molecule has 0 unspecified atom stereocenters. The van der Waals surface area contributed by atoms with Crippen molar-refractivity contribution in [3.05, 3.63) is 30.0 Å². The van der Waals surface area contributed by atoms with Gasteiger partial charge in [0.15, 0.2) is 11.5 Å². The molecule has 22 heavy (non-hydrogen) atoms. The van der Waals surface area contributed by atoms with Crippen molar-refractivity contribution in [2.75, 3.05) is 0 Å². The largest absolute Gasteiger partial charge is 0.490 e. The van der Waals surface area contributed by atoms with E-state index in [1.165, 1.54) is 0 Å². The molecule has 0 bridgehead atoms. The maximum Gasteiger partial charge on any atom is 0.197 e. The third kappa shape index (κ3) is 3.17. The minimum atomic E-state index is 0.0280. The van der Waals surface area contributed by atoms with Crippen LogP contribution in [0.4, 0.5) is 0 Å². The predicted molar refractivity (Wildman–Crippen MR) is 86.5 cm³/mol. The van der Waals surface area contributed by atoms with Gasteiger partial charge in [-0.3, -0.25) is 4.79 Å². The van der Waals surface area contributed by atoms with Gasteiger partial charge in [0.05, 0.1) is 0 Å². The summed E-state index contributed by atoms with van der Waals surface area (Å²) in [7, 11) is 0. The first-order valence-electron chi connectivity index (χ1n) is 8.04. The van der Waals surface area contributed by atoms with E-state index in [-0.39, 0.29) is 11.9 Å². The summed E-state index contributed by atoms with van der Waals surface area (Å²) in [5.74, 6) is 1.30. The third-order valence-corrected chi connectivity index (χ3v) is 4.05. The second kappa shape index (κ2) is 6.13. The molecule has 0 aliphatic heterocycles. The molecule has 3 rings (SSSR count). The lowest BCUT2D eigenvalue weighted by Gasteiger charge is -2.37. The van der Waals surface area contributed by atoms with Gasteiger partial charge in [-0.2, -0.15) is 0 Å². The Kier molecular flexibility index (Phi) is 4.21. The standard InChI is InChI=1S/C18H23NO3/c1-4-16(20)18-8-12-7-14(5-6-17(12)22-18)21-15-9-13(10-15)19-11(2)3/h5-8,11,13,15,19H,4,9-10H2,1-3H3/t13-,15+. The van der Waals surface area contributed by atoms with Crippen molar-refractivity contribution in [3.8, 4) is 5.75 Å². The average Bonchev–Trinajstić information content (AvgIpc) is 2.86. The van der Waals surface area contributed by atoms with Crippen molar-refractivity contribution < 1.29 is 13.9 Å². The molecule has 1 saturated carbocycles. The number of hydrogen-bond acceptors (Lipinski definition) is 4. The lowest BCUT2D eigenvalue weighted by atomic mass is 9.88. The Morgan fingerprint density at radius 3 is 2.82 bits per heavy atom. The first kappa shape index (κ1) is 15.1. The van der Waals surface area contributed by atoms with E-state index in [4.69, 9.17) is 9.15 Å². The Hall–Kier alpha value is -1.81. The Morgan fingerprint density at radius 2 is 2.14 bits per heavy atom. The van der Waals surface area contributed by atoms with Crippen molar-refractivity contribution in [2.45, 2.75) is 58.2 Å². The number of carbonyl (C=O) groups excluding carboxylic acids is 1. The molecule has 0 spiro atoms. The van der Waals surface area contributed by atoms with Crippen molar-refractivity contribution >= 4 is 16.8 Å². The zero-order valence-electron chi connectivity index (χ0n) is 13.4. The van der Waals surface area contributed by atoms with Crippen LogP contribution < -0.4 is 10.1 Å². The van der Waals surface area contributed by atoms with Gasteiger partial charge in [0.2, 0.25) is 0 Å². The number of ketones is 1. The van der Waals surface area contributed by atoms with E-state index in [2.05, 4.69) is 19.2 Å². The van der Waals surface area contributed by atoms with Crippen LogP contribution in [0.3, 0.4) is 0 Å². The fraction of sp³-hybridized carbons (Fsp3) is 0.500. The number of rotatable bonds is 6. The first-order chi connectivity index (χ1) is 10.5. The topological polar surface area (TPSA) is 51.5 Å². The van der Waals surface area contributed by atoms with E-state index in [0.717, 1.165) is 29.6 Å². The molecule has 1 aliphatic rings. The smallest absolute Gasteiger partial charge is 0.197 e. The summed E-state index contributed by atoms with van der Waals surface area (Å²) in [6, 6.07) is 8.63. The van der Waals surface area contributed by atoms with E-state index in [1.54, 1.807) is 6.07 Å². The second-order valence-corrected chi connectivity index (χ2v) is 6.32. The monoisotopic (exact) mass is 301 g/mol. The van der Waals surface area contributed by atoms with Gasteiger partial charge < -0.3 is 14.5 Å². The average molecular weight is 301 g/mol. The summed E-state index contributed by atoms with van der Waals surface area (Å²) >= 11 is 0. The van der Waals surface area contributed by atoms with Crippen LogP contribution in [0.5, 0.6) is 5.75 Å². The third-order valence-electron chi connectivity index (χ3n) is 4.05. The zero-order chi connectivity index (χ0) is 15.7. The number of carbonyl (C=O) groups is 1. The summed E-state index contributed by atoms with van der Waals surface area (Å²) in [6.45, 7) is 6.16. The number of Topliss-reactive ketones (excluding diaryl/α,β-unsaturated/α-hetero) is 1. The van der Waals surface area contributed by atoms with Gasteiger partial charge in [-0.05, 0) is 37.1 Å². The molecule has 2 aromatic rings. The number of nitrogens with one attached hydrogen (secondary N) is 1. The molecular formula is C18H23NO3. The Morgan fingerprint density at radius 1 is 1.36 bits per heavy atom. The first-order valence-corrected chi connectivity index (χ1v) is 8.04. The molecule has 4 nitrogen and oxygen atoms in total. The van der Waals surface area contributed by atoms with E-state index < -0.39 is 0 Å². The van der Waals surface area contributed by atoms with Crippen molar-refractivity contribution in [1.29, 1.82) is 0 Å². The van der Waals surface area contributed by atoms with Gasteiger partial charge in [-0.1, -0.05) is 20.8 Å². The van der Waals surface area contributed by atoms with Crippen LogP contribution in [0, 0.1) is 0 Å². The minimum Gasteiger partial charge on any atom is -0.490 e. The molecule has 0 amide bonds. The van der Waals surface area contributed by atoms with Crippen LogP contribution in [0.15, 0.2) is 28.7 Å². The summed E-state index contributed by atoms with van der Waals surface area (Å²) in [5, 5.41) is 4.44. The molecule has 1 aromatic carbocycles. The van der Waals surface area contributed by atoms with Gasteiger partial charge in [0.25, 0.3) is 0 Å². The SMILES string of the molecule is CCC(=O)c1cc2cc(O[C@H]3C[C@@H](NC(C)C)C3)ccc2o1. The summed E-state index contributed by atoms with van der Waals surface area (Å²) in [4.78, 5) is 11.7. The molecule has 0 radical (unpaired) electrons. The van der Waals surface area contributed by atoms with E-state index in [0.29, 0.717) is 24.3 Å². The summed E-state index contributed by atoms with van der Waals surface area (Å²) in [6.07, 6.45) is 2.81. The van der Waals surface area contributed by atoms with Gasteiger partial charge in [0.1, 0.15) is 17.4 Å².